The normalized spacial score (nSPS) is 22.1. The standard InChI is InChI=1S/C15H22N2O/c1-12(17-8-6-16-7-9-17)14-5-4-13-3-2-10-18-15(13)11-14/h4-5,11-12,16H,2-3,6-10H2,1H3. The average molecular weight is 246 g/mol. The Kier molecular flexibility index (Phi) is 3.52. The van der Waals surface area contributed by atoms with E-state index in [-0.39, 0.29) is 0 Å². The van der Waals surface area contributed by atoms with Crippen LogP contribution in [0.4, 0.5) is 0 Å². The maximum atomic E-state index is 5.77. The lowest BCUT2D eigenvalue weighted by atomic mass is 10.00. The van der Waals surface area contributed by atoms with Crippen molar-refractivity contribution in [2.75, 3.05) is 32.8 Å². The van der Waals surface area contributed by atoms with Crippen LogP contribution in [0.15, 0.2) is 18.2 Å². The van der Waals surface area contributed by atoms with Gasteiger partial charge in [0, 0.05) is 32.2 Å². The van der Waals surface area contributed by atoms with E-state index in [0.717, 1.165) is 51.4 Å². The molecule has 0 radical (unpaired) electrons. The highest BCUT2D eigenvalue weighted by molar-refractivity contribution is 5.39. The molecule has 18 heavy (non-hydrogen) atoms. The van der Waals surface area contributed by atoms with Crippen LogP contribution >= 0.6 is 0 Å². The number of ether oxygens (including phenoxy) is 1. The molecule has 0 spiro atoms. The third-order valence-corrected chi connectivity index (χ3v) is 4.12. The van der Waals surface area contributed by atoms with Crippen molar-refractivity contribution in [3.05, 3.63) is 29.3 Å². The van der Waals surface area contributed by atoms with Crippen LogP contribution < -0.4 is 10.1 Å². The summed E-state index contributed by atoms with van der Waals surface area (Å²) < 4.78 is 5.77. The Morgan fingerprint density at radius 3 is 2.94 bits per heavy atom. The molecule has 0 saturated carbocycles. The predicted octanol–water partition coefficient (Wildman–Crippen LogP) is 1.98. The van der Waals surface area contributed by atoms with Crippen LogP contribution in [0.5, 0.6) is 5.75 Å². The second-order valence-corrected chi connectivity index (χ2v) is 5.28. The molecule has 1 atom stereocenters. The maximum Gasteiger partial charge on any atom is 0.122 e. The molecule has 1 aromatic carbocycles. The minimum absolute atomic E-state index is 0.489. The van der Waals surface area contributed by atoms with Crippen molar-refractivity contribution in [3.8, 4) is 5.75 Å². The Bertz CT molecular complexity index is 413. The first-order valence-electron chi connectivity index (χ1n) is 7.05. The number of benzene rings is 1. The number of fused-ring (bicyclic) bond motifs is 1. The Morgan fingerprint density at radius 1 is 1.28 bits per heavy atom. The first kappa shape index (κ1) is 12.0. The van der Waals surface area contributed by atoms with E-state index in [2.05, 4.69) is 35.3 Å². The molecule has 2 aliphatic rings. The molecule has 0 amide bonds. The fraction of sp³-hybridized carbons (Fsp3) is 0.600. The highest BCUT2D eigenvalue weighted by atomic mass is 16.5. The van der Waals surface area contributed by atoms with Gasteiger partial charge in [-0.3, -0.25) is 4.90 Å². The number of hydrogen-bond donors (Lipinski definition) is 1. The van der Waals surface area contributed by atoms with Gasteiger partial charge in [0.25, 0.3) is 0 Å². The molecule has 3 heteroatoms. The summed E-state index contributed by atoms with van der Waals surface area (Å²) >= 11 is 0. The molecule has 2 aliphatic heterocycles. The van der Waals surface area contributed by atoms with Gasteiger partial charge in [-0.2, -0.15) is 0 Å². The Labute approximate surface area is 109 Å². The van der Waals surface area contributed by atoms with Gasteiger partial charge in [0.15, 0.2) is 0 Å². The number of hydrogen-bond acceptors (Lipinski definition) is 3. The summed E-state index contributed by atoms with van der Waals surface area (Å²) in [6.07, 6.45) is 2.32. The second kappa shape index (κ2) is 5.29. The highest BCUT2D eigenvalue weighted by Gasteiger charge is 2.19. The zero-order chi connectivity index (χ0) is 12.4. The largest absolute Gasteiger partial charge is 0.493 e. The van der Waals surface area contributed by atoms with Crippen LogP contribution in [-0.4, -0.2) is 37.7 Å². The first-order valence-corrected chi connectivity index (χ1v) is 7.05. The maximum absolute atomic E-state index is 5.77. The van der Waals surface area contributed by atoms with E-state index in [1.807, 2.05) is 0 Å². The van der Waals surface area contributed by atoms with Crippen molar-refractivity contribution in [3.63, 3.8) is 0 Å². The fourth-order valence-electron chi connectivity index (χ4n) is 2.90. The molecule has 1 fully saturated rings. The van der Waals surface area contributed by atoms with Crippen molar-refractivity contribution in [2.45, 2.75) is 25.8 Å². The van der Waals surface area contributed by atoms with E-state index in [9.17, 15) is 0 Å². The zero-order valence-electron chi connectivity index (χ0n) is 11.1. The average Bonchev–Trinajstić information content (AvgIpc) is 2.47. The number of nitrogens with one attached hydrogen (secondary N) is 1. The van der Waals surface area contributed by atoms with Crippen LogP contribution in [-0.2, 0) is 6.42 Å². The molecular weight excluding hydrogens is 224 g/mol. The van der Waals surface area contributed by atoms with Crippen molar-refractivity contribution >= 4 is 0 Å². The zero-order valence-corrected chi connectivity index (χ0v) is 11.1. The molecule has 1 N–H and O–H groups in total. The SMILES string of the molecule is CC(c1ccc2c(c1)OCCC2)N1CCNCC1. The molecule has 98 valence electrons. The number of piperazine rings is 1. The van der Waals surface area contributed by atoms with Gasteiger partial charge in [-0.1, -0.05) is 12.1 Å². The fourth-order valence-corrected chi connectivity index (χ4v) is 2.90. The van der Waals surface area contributed by atoms with E-state index in [0.29, 0.717) is 6.04 Å². The van der Waals surface area contributed by atoms with Gasteiger partial charge >= 0.3 is 0 Å². The van der Waals surface area contributed by atoms with Gasteiger partial charge < -0.3 is 10.1 Å². The molecular formula is C15H22N2O. The molecule has 0 aromatic heterocycles. The monoisotopic (exact) mass is 246 g/mol. The molecule has 0 bridgehead atoms. The van der Waals surface area contributed by atoms with Gasteiger partial charge in [-0.05, 0) is 37.0 Å². The third-order valence-electron chi connectivity index (χ3n) is 4.12. The lowest BCUT2D eigenvalue weighted by Crippen LogP contribution is -2.44. The smallest absolute Gasteiger partial charge is 0.122 e. The van der Waals surface area contributed by atoms with Crippen LogP contribution in [0.1, 0.15) is 30.5 Å². The topological polar surface area (TPSA) is 24.5 Å². The van der Waals surface area contributed by atoms with Gasteiger partial charge in [0.2, 0.25) is 0 Å². The highest BCUT2D eigenvalue weighted by Crippen LogP contribution is 2.30. The lowest BCUT2D eigenvalue weighted by molar-refractivity contribution is 0.185. The number of aryl methyl sites for hydroxylation is 1. The van der Waals surface area contributed by atoms with E-state index < -0.39 is 0 Å². The molecule has 2 heterocycles. The second-order valence-electron chi connectivity index (χ2n) is 5.28. The van der Waals surface area contributed by atoms with Gasteiger partial charge in [0.05, 0.1) is 6.61 Å². The molecule has 3 rings (SSSR count). The molecule has 1 aromatic rings. The summed E-state index contributed by atoms with van der Waals surface area (Å²) in [4.78, 5) is 2.54. The summed E-state index contributed by atoms with van der Waals surface area (Å²) in [7, 11) is 0. The van der Waals surface area contributed by atoms with Gasteiger partial charge in [0.1, 0.15) is 5.75 Å². The van der Waals surface area contributed by atoms with Crippen molar-refractivity contribution in [1.29, 1.82) is 0 Å². The van der Waals surface area contributed by atoms with E-state index in [1.54, 1.807) is 0 Å². The lowest BCUT2D eigenvalue weighted by Gasteiger charge is -2.33. The van der Waals surface area contributed by atoms with Crippen LogP contribution in [0.3, 0.4) is 0 Å². The Balaban J connectivity index is 1.78. The van der Waals surface area contributed by atoms with Crippen molar-refractivity contribution in [1.82, 2.24) is 10.2 Å². The first-order chi connectivity index (χ1) is 8.84. The number of rotatable bonds is 2. The van der Waals surface area contributed by atoms with Crippen molar-refractivity contribution in [2.24, 2.45) is 0 Å². The summed E-state index contributed by atoms with van der Waals surface area (Å²) in [5.41, 5.74) is 2.76. The Hall–Kier alpha value is -1.06. The Morgan fingerprint density at radius 2 is 2.11 bits per heavy atom. The van der Waals surface area contributed by atoms with E-state index >= 15 is 0 Å². The summed E-state index contributed by atoms with van der Waals surface area (Å²) in [6.45, 7) is 7.66. The summed E-state index contributed by atoms with van der Waals surface area (Å²) in [6, 6.07) is 7.27. The quantitative estimate of drug-likeness (QED) is 0.863. The van der Waals surface area contributed by atoms with Gasteiger partial charge in [-0.15, -0.1) is 0 Å². The van der Waals surface area contributed by atoms with Gasteiger partial charge in [-0.25, -0.2) is 0 Å². The minimum atomic E-state index is 0.489. The summed E-state index contributed by atoms with van der Waals surface area (Å²) in [5.74, 6) is 1.11. The molecule has 1 saturated heterocycles. The van der Waals surface area contributed by atoms with E-state index in [4.69, 9.17) is 4.74 Å². The predicted molar refractivity (Wildman–Crippen MR) is 73.1 cm³/mol. The van der Waals surface area contributed by atoms with Crippen LogP contribution in [0.25, 0.3) is 0 Å². The van der Waals surface area contributed by atoms with Crippen molar-refractivity contribution < 1.29 is 4.74 Å². The number of nitrogens with zero attached hydrogens (tertiary/aromatic N) is 1. The van der Waals surface area contributed by atoms with Crippen LogP contribution in [0.2, 0.25) is 0 Å². The summed E-state index contributed by atoms with van der Waals surface area (Å²) in [5, 5.41) is 3.40. The molecule has 1 unspecified atom stereocenters. The third kappa shape index (κ3) is 2.38. The molecule has 3 nitrogen and oxygen atoms in total. The van der Waals surface area contributed by atoms with E-state index in [1.165, 1.54) is 11.1 Å². The molecule has 0 aliphatic carbocycles. The van der Waals surface area contributed by atoms with Crippen LogP contribution in [0, 0.1) is 0 Å². The minimum Gasteiger partial charge on any atom is -0.493 e.